The molecule has 0 amide bonds. The van der Waals surface area contributed by atoms with Crippen molar-refractivity contribution in [3.8, 4) is 11.3 Å². The van der Waals surface area contributed by atoms with Crippen molar-refractivity contribution >= 4 is 28.1 Å². The van der Waals surface area contributed by atoms with Crippen LogP contribution >= 0.6 is 11.6 Å². The Morgan fingerprint density at radius 2 is 1.41 bits per heavy atom. The van der Waals surface area contributed by atoms with Crippen molar-refractivity contribution in [3.05, 3.63) is 45.5 Å². The van der Waals surface area contributed by atoms with Crippen LogP contribution in [0.2, 0.25) is 44.6 Å². The van der Waals surface area contributed by atoms with E-state index in [1.54, 1.807) is 6.92 Å². The molecule has 0 saturated carbocycles. The van der Waals surface area contributed by atoms with Crippen molar-refractivity contribution in [2.75, 3.05) is 0 Å². The molecule has 0 aliphatic carbocycles. The molecule has 0 atom stereocenters. The van der Waals surface area contributed by atoms with Gasteiger partial charge in [0.05, 0.1) is 11.3 Å². The van der Waals surface area contributed by atoms with Crippen molar-refractivity contribution in [2.45, 2.75) is 52.4 Å². The van der Waals surface area contributed by atoms with Gasteiger partial charge in [0.25, 0.3) is 5.35 Å². The third kappa shape index (κ3) is 10.0. The van der Waals surface area contributed by atoms with Gasteiger partial charge in [-0.2, -0.15) is 13.2 Å². The molecule has 2 aromatic rings. The zero-order valence-electron chi connectivity index (χ0n) is 17.1. The molecule has 3 nitrogen and oxygen atoms in total. The molecule has 0 bridgehead atoms. The van der Waals surface area contributed by atoms with E-state index in [1.807, 2.05) is 0 Å². The van der Waals surface area contributed by atoms with Gasteiger partial charge in [0.2, 0.25) is 0 Å². The number of nitrogens with zero attached hydrogens (tertiary/aromatic N) is 2. The molecule has 1 aromatic heterocycles. The number of benzene rings is 1. The molecule has 0 fully saturated rings. The molecule has 2 rings (SSSR count). The SMILES string of the molecule is C[Si](C)(C)[N-][Si](C)(C)C.Cc1nc(Cl)oc1-c1ccc(C(F)(F)F)cc1.[Li+]. The fourth-order valence-corrected chi connectivity index (χ4v) is 10.7. The van der Waals surface area contributed by atoms with Crippen molar-refractivity contribution < 1.29 is 36.4 Å². The molecular formula is C17H25ClF3LiN2OSi2. The number of hydrogen-bond donors (Lipinski definition) is 0. The van der Waals surface area contributed by atoms with Crippen LogP contribution in [-0.2, 0) is 6.18 Å². The van der Waals surface area contributed by atoms with E-state index in [1.165, 1.54) is 12.1 Å². The summed E-state index contributed by atoms with van der Waals surface area (Å²) in [4.78, 5) is 3.84. The molecule has 0 spiro atoms. The molecule has 27 heavy (non-hydrogen) atoms. The molecule has 1 heterocycles. The molecule has 10 heteroatoms. The van der Waals surface area contributed by atoms with Gasteiger partial charge in [-0.05, 0) is 30.7 Å². The zero-order valence-corrected chi connectivity index (χ0v) is 19.9. The third-order valence-electron chi connectivity index (χ3n) is 2.92. The van der Waals surface area contributed by atoms with Crippen LogP contribution in [0.4, 0.5) is 13.2 Å². The van der Waals surface area contributed by atoms with Gasteiger partial charge >= 0.3 is 25.0 Å². The van der Waals surface area contributed by atoms with Crippen LogP contribution in [0.3, 0.4) is 0 Å². The average Bonchev–Trinajstić information content (AvgIpc) is 2.73. The first-order valence-corrected chi connectivity index (χ1v) is 15.4. The second kappa shape index (κ2) is 9.81. The summed E-state index contributed by atoms with van der Waals surface area (Å²) >= 11 is 5.56. The van der Waals surface area contributed by atoms with Gasteiger partial charge < -0.3 is 9.07 Å². The van der Waals surface area contributed by atoms with E-state index >= 15 is 0 Å². The Hall–Kier alpha value is -0.499. The van der Waals surface area contributed by atoms with Gasteiger partial charge in [-0.25, -0.2) is 4.98 Å². The largest absolute Gasteiger partial charge is 1.00 e. The standard InChI is InChI=1S/C11H7ClF3NO.C6H18NSi2.Li/c1-6-9(17-10(12)16-6)7-2-4-8(5-3-7)11(13,14)15;1-8(2,3)7-9(4,5)6;/h2-5H,1H3;1-6H3;/q;-1;+1. The summed E-state index contributed by atoms with van der Waals surface area (Å²) in [5, 5.41) is -0.0302. The predicted octanol–water partition coefficient (Wildman–Crippen LogP) is 4.36. The first-order valence-electron chi connectivity index (χ1n) is 8.13. The summed E-state index contributed by atoms with van der Waals surface area (Å²) in [6.07, 6.45) is -4.34. The normalized spacial score (nSPS) is 12.1. The van der Waals surface area contributed by atoms with Crippen molar-refractivity contribution in [1.82, 2.24) is 4.98 Å². The van der Waals surface area contributed by atoms with Crippen LogP contribution in [0, 0.1) is 6.92 Å². The fourth-order valence-electron chi connectivity index (χ4n) is 2.45. The maximum Gasteiger partial charge on any atom is 1.00 e. The minimum Gasteiger partial charge on any atom is -0.668 e. The Morgan fingerprint density at radius 3 is 1.67 bits per heavy atom. The number of halogens is 4. The molecule has 0 radical (unpaired) electrons. The summed E-state index contributed by atoms with van der Waals surface area (Å²) in [6.45, 7) is 15.5. The number of aryl methyl sites for hydroxylation is 1. The molecule has 0 N–H and O–H groups in total. The van der Waals surface area contributed by atoms with Gasteiger partial charge in [-0.15, -0.1) is 0 Å². The van der Waals surface area contributed by atoms with E-state index < -0.39 is 28.2 Å². The zero-order chi connectivity index (χ0) is 20.3. The Balaban J connectivity index is 0.000000584. The first-order chi connectivity index (χ1) is 11.6. The van der Waals surface area contributed by atoms with Crippen LogP contribution in [-0.4, -0.2) is 21.5 Å². The van der Waals surface area contributed by atoms with E-state index in [9.17, 15) is 13.2 Å². The summed E-state index contributed by atoms with van der Waals surface area (Å²) < 4.78 is 47.0. The first kappa shape index (κ1) is 26.5. The Labute approximate surface area is 178 Å². The van der Waals surface area contributed by atoms with Crippen molar-refractivity contribution in [3.63, 3.8) is 0 Å². The maximum absolute atomic E-state index is 12.3. The third-order valence-corrected chi connectivity index (χ3v) is 8.44. The van der Waals surface area contributed by atoms with Crippen molar-refractivity contribution in [2.24, 2.45) is 0 Å². The summed E-state index contributed by atoms with van der Waals surface area (Å²) in [5.41, 5.74) is 0.342. The monoisotopic (exact) mass is 428 g/mol. The van der Waals surface area contributed by atoms with Crippen LogP contribution in [0.25, 0.3) is 16.0 Å². The summed E-state index contributed by atoms with van der Waals surface area (Å²) in [7, 11) is -2.21. The molecular weight excluding hydrogens is 404 g/mol. The Bertz CT molecular complexity index is 712. The van der Waals surface area contributed by atoms with Gasteiger partial charge in [-0.1, -0.05) is 67.9 Å². The average molecular weight is 429 g/mol. The summed E-state index contributed by atoms with van der Waals surface area (Å²) in [6, 6.07) is 4.63. The minimum absolute atomic E-state index is 0. The van der Waals surface area contributed by atoms with Crippen LogP contribution in [0.5, 0.6) is 0 Å². The van der Waals surface area contributed by atoms with E-state index in [4.69, 9.17) is 20.7 Å². The quantitative estimate of drug-likeness (QED) is 0.681. The molecule has 0 aliphatic heterocycles. The van der Waals surface area contributed by atoms with Crippen molar-refractivity contribution in [1.29, 1.82) is 0 Å². The molecule has 146 valence electrons. The van der Waals surface area contributed by atoms with E-state index in [0.717, 1.165) is 12.1 Å². The van der Waals surface area contributed by atoms with E-state index in [-0.39, 0.29) is 24.2 Å². The number of oxazole rings is 1. The van der Waals surface area contributed by atoms with Gasteiger partial charge in [0.1, 0.15) is 0 Å². The minimum atomic E-state index is -4.34. The number of aromatic nitrogens is 1. The number of rotatable bonds is 3. The van der Waals surface area contributed by atoms with E-state index in [2.05, 4.69) is 44.3 Å². The Kier molecular flexibility index (Phi) is 9.63. The number of hydrogen-bond acceptors (Lipinski definition) is 2. The molecule has 0 unspecified atom stereocenters. The van der Waals surface area contributed by atoms with Crippen LogP contribution in [0.15, 0.2) is 28.7 Å². The molecule has 1 aromatic carbocycles. The smallest absolute Gasteiger partial charge is 0.668 e. The van der Waals surface area contributed by atoms with Gasteiger partial charge in [0.15, 0.2) is 5.76 Å². The van der Waals surface area contributed by atoms with Crippen LogP contribution in [0.1, 0.15) is 11.3 Å². The molecule has 0 aliphatic rings. The fraction of sp³-hybridized carbons (Fsp3) is 0.471. The summed E-state index contributed by atoms with van der Waals surface area (Å²) in [5.74, 6) is 0.378. The number of alkyl halides is 3. The topological polar surface area (TPSA) is 40.1 Å². The van der Waals surface area contributed by atoms with E-state index in [0.29, 0.717) is 17.0 Å². The Morgan fingerprint density at radius 1 is 0.963 bits per heavy atom. The predicted molar refractivity (Wildman–Crippen MR) is 107 cm³/mol. The second-order valence-electron chi connectivity index (χ2n) is 7.91. The van der Waals surface area contributed by atoms with Gasteiger partial charge in [-0.3, -0.25) is 0 Å². The maximum atomic E-state index is 12.3. The molecule has 0 saturated heterocycles. The van der Waals surface area contributed by atoms with Crippen LogP contribution < -0.4 is 18.9 Å². The second-order valence-corrected chi connectivity index (χ2v) is 17.8. The van der Waals surface area contributed by atoms with Gasteiger partial charge in [0, 0.05) is 5.56 Å².